The lowest BCUT2D eigenvalue weighted by molar-refractivity contribution is 0.668. The fraction of sp³-hybridized carbons (Fsp3) is 0.0192. The summed E-state index contributed by atoms with van der Waals surface area (Å²) < 4.78 is 17.3. The molecule has 0 bridgehead atoms. The maximum absolute atomic E-state index is 6.52. The smallest absolute Gasteiger partial charge is 0.161 e. The Morgan fingerprint density at radius 3 is 1.59 bits per heavy atom. The summed E-state index contributed by atoms with van der Waals surface area (Å²) in [7, 11) is 0. The van der Waals surface area contributed by atoms with Gasteiger partial charge in [0.25, 0.3) is 0 Å². The first-order valence-electron chi connectivity index (χ1n) is 19.6. The van der Waals surface area contributed by atoms with Gasteiger partial charge >= 0.3 is 0 Å². The number of aliphatic imine (C=N–C) groups is 3. The number of hydrogen-bond donors (Lipinski definition) is 0. The molecular formula is C52H33N5O2. The van der Waals surface area contributed by atoms with Crippen LogP contribution >= 0.6 is 0 Å². The van der Waals surface area contributed by atoms with Crippen LogP contribution in [0.5, 0.6) is 0 Å². The van der Waals surface area contributed by atoms with E-state index in [-0.39, 0.29) is 0 Å². The summed E-state index contributed by atoms with van der Waals surface area (Å²) in [6.45, 7) is 4.37. The highest BCUT2D eigenvalue weighted by Gasteiger charge is 2.19. The van der Waals surface area contributed by atoms with Gasteiger partial charge in [-0.2, -0.15) is 0 Å². The molecular weight excluding hydrogens is 727 g/mol. The van der Waals surface area contributed by atoms with Gasteiger partial charge in [-0.3, -0.25) is 0 Å². The summed E-state index contributed by atoms with van der Waals surface area (Å²) in [5, 5.41) is 8.77. The zero-order valence-corrected chi connectivity index (χ0v) is 31.7. The summed E-state index contributed by atoms with van der Waals surface area (Å²) >= 11 is 0. The molecule has 12 rings (SSSR count). The summed E-state index contributed by atoms with van der Waals surface area (Å²) in [6, 6.07) is 60.6. The summed E-state index contributed by atoms with van der Waals surface area (Å²) in [6.07, 6.45) is 0. The molecule has 0 amide bonds. The number of fused-ring (bicyclic) bond motifs is 12. The van der Waals surface area contributed by atoms with Crippen LogP contribution in [0.15, 0.2) is 200 Å². The molecule has 0 saturated heterocycles. The Kier molecular flexibility index (Phi) is 7.31. The molecule has 0 fully saturated rings. The zero-order valence-electron chi connectivity index (χ0n) is 31.7. The van der Waals surface area contributed by atoms with Crippen molar-refractivity contribution in [1.82, 2.24) is 9.13 Å². The number of furan rings is 2. The molecule has 7 nitrogen and oxygen atoms in total. The molecule has 0 aliphatic heterocycles. The third kappa shape index (κ3) is 5.11. The van der Waals surface area contributed by atoms with Gasteiger partial charge < -0.3 is 18.0 Å². The molecule has 0 aliphatic rings. The molecule has 0 radical (unpaired) electrons. The van der Waals surface area contributed by atoms with E-state index < -0.39 is 0 Å². The van der Waals surface area contributed by atoms with Crippen LogP contribution in [-0.4, -0.2) is 27.5 Å². The standard InChI is InChI=1S/C52H33N5O2/c1-53-51(32-25-28-48-40(30-32)50-45(22-12-24-49(50)59-48)57-43-20-9-4-15-36(43)37-16-5-10-21-44(37)57)55-52(33-26-27-47-39(29-33)38-17-6-11-23-46(38)58-47)54-31-56-41-18-7-2-13-34(41)35-14-3-8-19-42(35)56/h2-30H,1,31H2/b54-52-,55-51-. The van der Waals surface area contributed by atoms with Crippen molar-refractivity contribution in [3.63, 3.8) is 0 Å². The molecule has 8 aromatic carbocycles. The Bertz CT molecular complexity index is 3640. The number of nitrogens with zero attached hydrogens (tertiary/aromatic N) is 5. The van der Waals surface area contributed by atoms with Crippen LogP contribution in [0, 0.1) is 0 Å². The maximum Gasteiger partial charge on any atom is 0.161 e. The first-order chi connectivity index (χ1) is 29.2. The lowest BCUT2D eigenvalue weighted by atomic mass is 10.1. The van der Waals surface area contributed by atoms with E-state index in [9.17, 15) is 0 Å². The van der Waals surface area contributed by atoms with Crippen molar-refractivity contribution in [3.8, 4) is 5.69 Å². The predicted molar refractivity (Wildman–Crippen MR) is 244 cm³/mol. The molecule has 7 heteroatoms. The molecule has 0 N–H and O–H groups in total. The summed E-state index contributed by atoms with van der Waals surface area (Å²) in [5.41, 5.74) is 10.4. The van der Waals surface area contributed by atoms with Gasteiger partial charge in [0.2, 0.25) is 0 Å². The van der Waals surface area contributed by atoms with Crippen LogP contribution in [-0.2, 0) is 6.67 Å². The molecule has 0 aliphatic carbocycles. The summed E-state index contributed by atoms with van der Waals surface area (Å²) in [4.78, 5) is 15.1. The average molecular weight is 760 g/mol. The molecule has 0 spiro atoms. The van der Waals surface area contributed by atoms with E-state index in [1.54, 1.807) is 0 Å². The molecule has 4 heterocycles. The van der Waals surface area contributed by atoms with E-state index in [2.05, 4.69) is 148 Å². The van der Waals surface area contributed by atoms with Crippen LogP contribution in [0.1, 0.15) is 11.1 Å². The second kappa shape index (κ2) is 13.0. The minimum Gasteiger partial charge on any atom is -0.456 e. The van der Waals surface area contributed by atoms with Crippen molar-refractivity contribution in [1.29, 1.82) is 0 Å². The number of rotatable bonds is 5. The number of aromatic nitrogens is 2. The van der Waals surface area contributed by atoms with Gasteiger partial charge in [0.1, 0.15) is 29.0 Å². The van der Waals surface area contributed by atoms with E-state index in [1.165, 1.54) is 21.5 Å². The third-order valence-electron chi connectivity index (χ3n) is 11.6. The van der Waals surface area contributed by atoms with Crippen LogP contribution in [0.2, 0.25) is 0 Å². The number of amidine groups is 2. The van der Waals surface area contributed by atoms with Gasteiger partial charge in [-0.05, 0) is 85.6 Å². The van der Waals surface area contributed by atoms with E-state index in [4.69, 9.17) is 18.8 Å². The highest BCUT2D eigenvalue weighted by atomic mass is 16.3. The minimum atomic E-state index is 0.342. The van der Waals surface area contributed by atoms with Gasteiger partial charge in [-0.25, -0.2) is 15.0 Å². The Balaban J connectivity index is 1.05. The maximum atomic E-state index is 6.52. The molecule has 12 aromatic rings. The van der Waals surface area contributed by atoms with Crippen molar-refractivity contribution in [2.45, 2.75) is 6.67 Å². The third-order valence-corrected chi connectivity index (χ3v) is 11.6. The van der Waals surface area contributed by atoms with Gasteiger partial charge in [0.05, 0.1) is 33.1 Å². The highest BCUT2D eigenvalue weighted by Crippen LogP contribution is 2.39. The molecule has 0 unspecified atom stereocenters. The Hall–Kier alpha value is -8.03. The number of para-hydroxylation sites is 5. The topological polar surface area (TPSA) is 73.2 Å². The van der Waals surface area contributed by atoms with E-state index in [0.29, 0.717) is 18.3 Å². The molecule has 0 atom stereocenters. The number of benzene rings is 8. The highest BCUT2D eigenvalue weighted by molar-refractivity contribution is 6.19. The first kappa shape index (κ1) is 33.1. The monoisotopic (exact) mass is 759 g/mol. The van der Waals surface area contributed by atoms with E-state index in [1.807, 2.05) is 48.5 Å². The van der Waals surface area contributed by atoms with Crippen molar-refractivity contribution < 1.29 is 8.83 Å². The van der Waals surface area contributed by atoms with Gasteiger partial charge in [-0.1, -0.05) is 97.1 Å². The van der Waals surface area contributed by atoms with Crippen molar-refractivity contribution >= 4 is 106 Å². The zero-order chi connectivity index (χ0) is 39.0. The molecule has 59 heavy (non-hydrogen) atoms. The van der Waals surface area contributed by atoms with Crippen LogP contribution in [0.3, 0.4) is 0 Å². The minimum absolute atomic E-state index is 0.342. The predicted octanol–water partition coefficient (Wildman–Crippen LogP) is 13.2. The van der Waals surface area contributed by atoms with Crippen LogP contribution < -0.4 is 0 Å². The quantitative estimate of drug-likeness (QED) is 0.129. The van der Waals surface area contributed by atoms with Gasteiger partial charge in [0.15, 0.2) is 11.7 Å². The van der Waals surface area contributed by atoms with Crippen LogP contribution in [0.4, 0.5) is 0 Å². The number of hydrogen-bond acceptors (Lipinski definition) is 3. The van der Waals surface area contributed by atoms with Crippen molar-refractivity contribution in [2.24, 2.45) is 15.0 Å². The second-order valence-corrected chi connectivity index (χ2v) is 14.8. The normalized spacial score (nSPS) is 12.7. The summed E-state index contributed by atoms with van der Waals surface area (Å²) in [5.74, 6) is 0.985. The molecule has 278 valence electrons. The Labute approximate surface area is 337 Å². The molecule has 4 aromatic heterocycles. The fourth-order valence-corrected chi connectivity index (χ4v) is 8.96. The largest absolute Gasteiger partial charge is 0.456 e. The van der Waals surface area contributed by atoms with Crippen molar-refractivity contribution in [3.05, 3.63) is 187 Å². The lowest BCUT2D eigenvalue weighted by Crippen LogP contribution is -2.07. The van der Waals surface area contributed by atoms with Crippen molar-refractivity contribution in [2.75, 3.05) is 0 Å². The fourth-order valence-electron chi connectivity index (χ4n) is 8.96. The average Bonchev–Trinajstić information content (AvgIpc) is 4.04. The second-order valence-electron chi connectivity index (χ2n) is 14.8. The first-order valence-corrected chi connectivity index (χ1v) is 19.6. The van der Waals surface area contributed by atoms with E-state index in [0.717, 1.165) is 82.8 Å². The Morgan fingerprint density at radius 2 is 0.932 bits per heavy atom. The Morgan fingerprint density at radius 1 is 0.441 bits per heavy atom. The van der Waals surface area contributed by atoms with Gasteiger partial charge in [-0.15, -0.1) is 0 Å². The van der Waals surface area contributed by atoms with Gasteiger partial charge in [0, 0.05) is 48.8 Å². The molecule has 0 saturated carbocycles. The van der Waals surface area contributed by atoms with E-state index >= 15 is 0 Å². The lowest BCUT2D eigenvalue weighted by Gasteiger charge is -2.10. The van der Waals surface area contributed by atoms with Crippen LogP contribution in [0.25, 0.3) is 93.2 Å². The SMILES string of the molecule is C=N/C(=N\C(=N/Cn1c2ccccc2c2ccccc21)c1ccc2oc3ccccc3c2c1)c1ccc2oc3cccc(-n4c5ccccc5c5ccccc54)c3c2c1.